The first-order chi connectivity index (χ1) is 7.84. The minimum absolute atomic E-state index is 0.159. The standard InChI is InChI=1S/C12H20N2O2/c15-11-4-3-6-14(10-11)5-1-2-7-16-12-8-13-9-12/h11-13,15H,3-10H2. The Kier molecular flexibility index (Phi) is 4.61. The lowest BCUT2D eigenvalue weighted by Gasteiger charge is -2.28. The molecule has 0 bridgehead atoms. The largest absolute Gasteiger partial charge is 0.392 e. The van der Waals surface area contributed by atoms with Gasteiger partial charge in [0.25, 0.3) is 0 Å². The molecule has 0 aromatic heterocycles. The summed E-state index contributed by atoms with van der Waals surface area (Å²) < 4.78 is 5.48. The van der Waals surface area contributed by atoms with Crippen molar-refractivity contribution in [1.82, 2.24) is 10.2 Å². The Morgan fingerprint density at radius 1 is 1.38 bits per heavy atom. The molecule has 1 atom stereocenters. The van der Waals surface area contributed by atoms with Crippen molar-refractivity contribution in [3.8, 4) is 11.8 Å². The molecule has 2 rings (SSSR count). The van der Waals surface area contributed by atoms with E-state index in [0.717, 1.165) is 45.6 Å². The fourth-order valence-electron chi connectivity index (χ4n) is 1.93. The minimum Gasteiger partial charge on any atom is -0.392 e. The van der Waals surface area contributed by atoms with Gasteiger partial charge in [-0.05, 0) is 19.4 Å². The first-order valence-corrected chi connectivity index (χ1v) is 6.03. The van der Waals surface area contributed by atoms with Crippen LogP contribution < -0.4 is 5.32 Å². The summed E-state index contributed by atoms with van der Waals surface area (Å²) in [7, 11) is 0. The smallest absolute Gasteiger partial charge is 0.108 e. The summed E-state index contributed by atoms with van der Waals surface area (Å²) in [5, 5.41) is 12.6. The Balaban J connectivity index is 1.56. The van der Waals surface area contributed by atoms with Gasteiger partial charge >= 0.3 is 0 Å². The Morgan fingerprint density at radius 2 is 2.25 bits per heavy atom. The van der Waals surface area contributed by atoms with Crippen LogP contribution in [-0.2, 0) is 4.74 Å². The summed E-state index contributed by atoms with van der Waals surface area (Å²) in [6.45, 7) is 5.02. The lowest BCUT2D eigenvalue weighted by atomic mass is 10.1. The molecule has 0 aliphatic carbocycles. The lowest BCUT2D eigenvalue weighted by molar-refractivity contribution is 0.0393. The molecule has 0 radical (unpaired) electrons. The van der Waals surface area contributed by atoms with Crippen LogP contribution in [-0.4, -0.2) is 61.5 Å². The quantitative estimate of drug-likeness (QED) is 0.631. The fraction of sp³-hybridized carbons (Fsp3) is 0.833. The molecule has 2 saturated heterocycles. The molecule has 16 heavy (non-hydrogen) atoms. The van der Waals surface area contributed by atoms with Crippen LogP contribution in [0, 0.1) is 11.8 Å². The number of hydrogen-bond acceptors (Lipinski definition) is 4. The van der Waals surface area contributed by atoms with Gasteiger partial charge in [-0.3, -0.25) is 4.90 Å². The third-order valence-electron chi connectivity index (χ3n) is 3.04. The second kappa shape index (κ2) is 6.21. The van der Waals surface area contributed by atoms with Crippen LogP contribution in [0.1, 0.15) is 12.8 Å². The normalized spacial score (nSPS) is 26.9. The second-order valence-corrected chi connectivity index (χ2v) is 4.48. The number of likely N-dealkylation sites (tertiary alicyclic amines) is 1. The van der Waals surface area contributed by atoms with Crippen molar-refractivity contribution in [2.75, 3.05) is 39.3 Å². The van der Waals surface area contributed by atoms with E-state index in [9.17, 15) is 5.11 Å². The monoisotopic (exact) mass is 224 g/mol. The zero-order valence-corrected chi connectivity index (χ0v) is 9.61. The molecular weight excluding hydrogens is 204 g/mol. The van der Waals surface area contributed by atoms with E-state index in [4.69, 9.17) is 4.74 Å². The number of β-amino-alcohol motifs (C(OH)–C–C–N with tert-alkyl or cyclic N) is 1. The van der Waals surface area contributed by atoms with E-state index in [1.54, 1.807) is 0 Å². The molecule has 90 valence electrons. The molecule has 2 N–H and O–H groups in total. The minimum atomic E-state index is -0.159. The van der Waals surface area contributed by atoms with Gasteiger partial charge in [0, 0.05) is 19.6 Å². The first-order valence-electron chi connectivity index (χ1n) is 6.03. The van der Waals surface area contributed by atoms with E-state index in [1.807, 2.05) is 0 Å². The molecule has 0 aromatic rings. The van der Waals surface area contributed by atoms with E-state index in [-0.39, 0.29) is 6.10 Å². The molecule has 2 aliphatic heterocycles. The molecule has 0 spiro atoms. The predicted octanol–water partition coefficient (Wildman–Crippen LogP) is -0.565. The molecule has 4 nitrogen and oxygen atoms in total. The molecular formula is C12H20N2O2. The lowest BCUT2D eigenvalue weighted by Crippen LogP contribution is -2.48. The van der Waals surface area contributed by atoms with Crippen molar-refractivity contribution in [1.29, 1.82) is 0 Å². The SMILES string of the molecule is OC1CCCN(CC#CCOC2CNC2)C1. The van der Waals surface area contributed by atoms with Crippen molar-refractivity contribution in [3.63, 3.8) is 0 Å². The maximum absolute atomic E-state index is 9.47. The van der Waals surface area contributed by atoms with Gasteiger partial charge in [0.05, 0.1) is 18.8 Å². The van der Waals surface area contributed by atoms with Gasteiger partial charge in [-0.1, -0.05) is 11.8 Å². The van der Waals surface area contributed by atoms with E-state index >= 15 is 0 Å². The van der Waals surface area contributed by atoms with Crippen LogP contribution >= 0.6 is 0 Å². The van der Waals surface area contributed by atoms with Gasteiger partial charge in [-0.2, -0.15) is 0 Å². The summed E-state index contributed by atoms with van der Waals surface area (Å²) >= 11 is 0. The fourth-order valence-corrected chi connectivity index (χ4v) is 1.93. The van der Waals surface area contributed by atoms with Crippen LogP contribution in [0.4, 0.5) is 0 Å². The summed E-state index contributed by atoms with van der Waals surface area (Å²) in [6.07, 6.45) is 2.22. The van der Waals surface area contributed by atoms with E-state index < -0.39 is 0 Å². The zero-order valence-electron chi connectivity index (χ0n) is 9.61. The average Bonchev–Trinajstić information content (AvgIpc) is 2.20. The highest BCUT2D eigenvalue weighted by Gasteiger charge is 2.16. The Labute approximate surface area is 97.0 Å². The number of nitrogens with zero attached hydrogens (tertiary/aromatic N) is 1. The Bertz CT molecular complexity index is 268. The number of ether oxygens (including phenoxy) is 1. The van der Waals surface area contributed by atoms with Gasteiger partial charge in [-0.25, -0.2) is 0 Å². The summed E-state index contributed by atoms with van der Waals surface area (Å²) in [6, 6.07) is 0. The van der Waals surface area contributed by atoms with E-state index in [2.05, 4.69) is 22.1 Å². The van der Waals surface area contributed by atoms with Crippen molar-refractivity contribution in [2.45, 2.75) is 25.0 Å². The molecule has 0 aromatic carbocycles. The number of nitrogens with one attached hydrogen (secondary N) is 1. The van der Waals surface area contributed by atoms with Gasteiger partial charge in [0.1, 0.15) is 6.61 Å². The van der Waals surface area contributed by atoms with Crippen molar-refractivity contribution in [2.24, 2.45) is 0 Å². The summed E-state index contributed by atoms with van der Waals surface area (Å²) in [5.74, 6) is 6.12. The highest BCUT2D eigenvalue weighted by Crippen LogP contribution is 2.08. The first kappa shape index (κ1) is 11.9. The summed E-state index contributed by atoms with van der Waals surface area (Å²) in [4.78, 5) is 2.20. The number of rotatable bonds is 3. The van der Waals surface area contributed by atoms with Crippen LogP contribution in [0.15, 0.2) is 0 Å². The van der Waals surface area contributed by atoms with Crippen molar-refractivity contribution in [3.05, 3.63) is 0 Å². The van der Waals surface area contributed by atoms with Crippen LogP contribution in [0.25, 0.3) is 0 Å². The number of piperidine rings is 1. The molecule has 4 heteroatoms. The van der Waals surface area contributed by atoms with E-state index in [1.165, 1.54) is 0 Å². The maximum atomic E-state index is 9.47. The molecule has 1 unspecified atom stereocenters. The van der Waals surface area contributed by atoms with Gasteiger partial charge in [-0.15, -0.1) is 0 Å². The number of aliphatic hydroxyl groups is 1. The third kappa shape index (κ3) is 3.76. The Morgan fingerprint density at radius 3 is 2.94 bits per heavy atom. The van der Waals surface area contributed by atoms with Crippen LogP contribution in [0.2, 0.25) is 0 Å². The zero-order chi connectivity index (χ0) is 11.2. The summed E-state index contributed by atoms with van der Waals surface area (Å²) in [5.41, 5.74) is 0. The van der Waals surface area contributed by atoms with Gasteiger partial charge in [0.15, 0.2) is 0 Å². The highest BCUT2D eigenvalue weighted by molar-refractivity contribution is 5.02. The molecule has 0 saturated carbocycles. The van der Waals surface area contributed by atoms with Crippen molar-refractivity contribution >= 4 is 0 Å². The molecule has 2 heterocycles. The van der Waals surface area contributed by atoms with Gasteiger partial charge in [0.2, 0.25) is 0 Å². The highest BCUT2D eigenvalue weighted by atomic mass is 16.5. The maximum Gasteiger partial charge on any atom is 0.108 e. The predicted molar refractivity (Wildman–Crippen MR) is 62.1 cm³/mol. The number of aliphatic hydroxyl groups excluding tert-OH is 1. The Hall–Kier alpha value is -0.600. The molecule has 0 amide bonds. The van der Waals surface area contributed by atoms with Crippen LogP contribution in [0.3, 0.4) is 0 Å². The third-order valence-corrected chi connectivity index (χ3v) is 3.04. The molecule has 2 fully saturated rings. The number of hydrogen-bond donors (Lipinski definition) is 2. The topological polar surface area (TPSA) is 44.7 Å². The molecule has 2 aliphatic rings. The van der Waals surface area contributed by atoms with Crippen molar-refractivity contribution < 1.29 is 9.84 Å². The van der Waals surface area contributed by atoms with E-state index in [0.29, 0.717) is 12.7 Å². The van der Waals surface area contributed by atoms with Gasteiger partial charge < -0.3 is 15.2 Å². The average molecular weight is 224 g/mol. The van der Waals surface area contributed by atoms with Crippen LogP contribution in [0.5, 0.6) is 0 Å². The second-order valence-electron chi connectivity index (χ2n) is 4.48.